The second kappa shape index (κ2) is 6.30. The topological polar surface area (TPSA) is 46.9 Å². The number of hydrogen-bond donors (Lipinski definition) is 1. The van der Waals surface area contributed by atoms with Crippen LogP contribution in [0.5, 0.6) is 0 Å². The maximum atomic E-state index is 12.8. The number of hydrogen-bond acceptors (Lipinski definition) is 2. The lowest BCUT2D eigenvalue weighted by Gasteiger charge is -2.08. The maximum Gasteiger partial charge on any atom is 0.435 e. The van der Waals surface area contributed by atoms with E-state index in [0.717, 1.165) is 30.9 Å². The molecule has 1 fully saturated rings. The van der Waals surface area contributed by atoms with Gasteiger partial charge in [-0.05, 0) is 43.0 Å². The molecule has 1 saturated carbocycles. The summed E-state index contributed by atoms with van der Waals surface area (Å²) >= 11 is 0. The number of amides is 1. The van der Waals surface area contributed by atoms with E-state index < -0.39 is 17.8 Å². The van der Waals surface area contributed by atoms with Gasteiger partial charge in [0.2, 0.25) is 5.91 Å². The van der Waals surface area contributed by atoms with E-state index in [0.29, 0.717) is 11.4 Å². The first-order valence-electron chi connectivity index (χ1n) is 7.90. The van der Waals surface area contributed by atoms with Crippen LogP contribution in [0.1, 0.15) is 42.6 Å². The van der Waals surface area contributed by atoms with Gasteiger partial charge in [0.1, 0.15) is 6.54 Å². The van der Waals surface area contributed by atoms with E-state index in [-0.39, 0.29) is 12.5 Å². The number of aryl methyl sites for hydroxylation is 1. The molecule has 3 rings (SSSR count). The number of nitrogens with zero attached hydrogens (tertiary/aromatic N) is 2. The van der Waals surface area contributed by atoms with Crippen molar-refractivity contribution in [3.8, 4) is 0 Å². The molecule has 7 heteroatoms. The summed E-state index contributed by atoms with van der Waals surface area (Å²) in [5.41, 5.74) is 1.31. The van der Waals surface area contributed by atoms with Crippen molar-refractivity contribution in [3.05, 3.63) is 47.3 Å². The van der Waals surface area contributed by atoms with Gasteiger partial charge >= 0.3 is 6.18 Å². The van der Waals surface area contributed by atoms with Gasteiger partial charge in [-0.25, -0.2) is 0 Å². The number of carbonyl (C=O) groups is 1. The van der Waals surface area contributed by atoms with Crippen molar-refractivity contribution in [2.24, 2.45) is 0 Å². The van der Waals surface area contributed by atoms with Crippen LogP contribution in [0, 0.1) is 0 Å². The fraction of sp³-hybridized carbons (Fsp3) is 0.412. The molecule has 4 nitrogen and oxygen atoms in total. The monoisotopic (exact) mass is 337 g/mol. The quantitative estimate of drug-likeness (QED) is 0.897. The van der Waals surface area contributed by atoms with Crippen molar-refractivity contribution in [1.29, 1.82) is 0 Å². The van der Waals surface area contributed by atoms with E-state index in [2.05, 4.69) is 10.4 Å². The zero-order chi connectivity index (χ0) is 17.3. The summed E-state index contributed by atoms with van der Waals surface area (Å²) < 4.78 is 39.7. The van der Waals surface area contributed by atoms with Crippen molar-refractivity contribution in [2.75, 3.05) is 5.32 Å². The van der Waals surface area contributed by atoms with Crippen LogP contribution in [-0.2, 0) is 23.9 Å². The molecule has 0 aliphatic heterocycles. The van der Waals surface area contributed by atoms with Gasteiger partial charge in [-0.2, -0.15) is 18.3 Å². The second-order valence-electron chi connectivity index (χ2n) is 5.98. The van der Waals surface area contributed by atoms with Crippen LogP contribution in [0.3, 0.4) is 0 Å². The van der Waals surface area contributed by atoms with Crippen LogP contribution >= 0.6 is 0 Å². The fourth-order valence-electron chi connectivity index (χ4n) is 2.56. The second-order valence-corrected chi connectivity index (χ2v) is 5.98. The Morgan fingerprint density at radius 2 is 1.96 bits per heavy atom. The van der Waals surface area contributed by atoms with E-state index >= 15 is 0 Å². The van der Waals surface area contributed by atoms with E-state index in [1.807, 2.05) is 19.1 Å². The number of carbonyl (C=O) groups excluding carboxylic acids is 1. The number of alkyl halides is 3. The average molecular weight is 337 g/mol. The van der Waals surface area contributed by atoms with E-state index in [4.69, 9.17) is 0 Å². The summed E-state index contributed by atoms with van der Waals surface area (Å²) in [4.78, 5) is 12.1. The zero-order valence-corrected chi connectivity index (χ0v) is 13.2. The van der Waals surface area contributed by atoms with Gasteiger partial charge < -0.3 is 5.32 Å². The summed E-state index contributed by atoms with van der Waals surface area (Å²) in [7, 11) is 0. The minimum absolute atomic E-state index is 0.0743. The minimum atomic E-state index is -4.50. The highest BCUT2D eigenvalue weighted by atomic mass is 19.4. The zero-order valence-electron chi connectivity index (χ0n) is 13.2. The number of aromatic nitrogens is 2. The SMILES string of the molecule is CCc1ccc(NC(=O)Cn2nc(C(F)(F)F)cc2C2CC2)cc1. The molecular formula is C17H18F3N3O. The molecular weight excluding hydrogens is 319 g/mol. The smallest absolute Gasteiger partial charge is 0.324 e. The molecule has 0 radical (unpaired) electrons. The van der Waals surface area contributed by atoms with E-state index in [9.17, 15) is 18.0 Å². The summed E-state index contributed by atoms with van der Waals surface area (Å²) in [6.07, 6.45) is -1.93. The van der Waals surface area contributed by atoms with Crippen molar-refractivity contribution < 1.29 is 18.0 Å². The number of anilines is 1. The molecule has 1 N–H and O–H groups in total. The highest BCUT2D eigenvalue weighted by Crippen LogP contribution is 2.42. The summed E-state index contributed by atoms with van der Waals surface area (Å²) in [5, 5.41) is 6.28. The predicted molar refractivity (Wildman–Crippen MR) is 83.7 cm³/mol. The van der Waals surface area contributed by atoms with Crippen molar-refractivity contribution >= 4 is 11.6 Å². The van der Waals surface area contributed by atoms with E-state index in [1.54, 1.807) is 12.1 Å². The lowest BCUT2D eigenvalue weighted by atomic mass is 10.1. The molecule has 24 heavy (non-hydrogen) atoms. The Bertz CT molecular complexity index is 731. The number of nitrogens with one attached hydrogen (secondary N) is 1. The van der Waals surface area contributed by atoms with E-state index in [1.165, 1.54) is 4.68 Å². The molecule has 1 aliphatic rings. The fourth-order valence-corrected chi connectivity index (χ4v) is 2.56. The first-order valence-corrected chi connectivity index (χ1v) is 7.90. The molecule has 0 atom stereocenters. The Morgan fingerprint density at radius 3 is 2.50 bits per heavy atom. The number of rotatable bonds is 5. The third kappa shape index (κ3) is 3.77. The van der Waals surface area contributed by atoms with Crippen LogP contribution in [0.2, 0.25) is 0 Å². The summed E-state index contributed by atoms with van der Waals surface area (Å²) in [6, 6.07) is 8.42. The van der Waals surface area contributed by atoms with Gasteiger partial charge in [0, 0.05) is 17.3 Å². The Morgan fingerprint density at radius 1 is 1.29 bits per heavy atom. The van der Waals surface area contributed by atoms with Crippen LogP contribution < -0.4 is 5.32 Å². The predicted octanol–water partition coefficient (Wildman–Crippen LogP) is 3.98. The maximum absolute atomic E-state index is 12.8. The molecule has 1 aromatic heterocycles. The molecule has 0 spiro atoms. The van der Waals surface area contributed by atoms with Crippen LogP contribution in [-0.4, -0.2) is 15.7 Å². The number of benzene rings is 1. The van der Waals surface area contributed by atoms with Gasteiger partial charge in [-0.3, -0.25) is 9.48 Å². The van der Waals surface area contributed by atoms with Crippen LogP contribution in [0.25, 0.3) is 0 Å². The standard InChI is InChI=1S/C17H18F3N3O/c1-2-11-3-7-13(8-4-11)21-16(24)10-23-14(12-5-6-12)9-15(22-23)17(18,19)20/h3-4,7-9,12H,2,5-6,10H2,1H3,(H,21,24). The van der Waals surface area contributed by atoms with Crippen molar-refractivity contribution in [3.63, 3.8) is 0 Å². The molecule has 1 aliphatic carbocycles. The Labute approximate surface area is 137 Å². The average Bonchev–Trinajstić information content (AvgIpc) is 3.28. The molecule has 1 aromatic carbocycles. The van der Waals surface area contributed by atoms with Gasteiger partial charge in [-0.15, -0.1) is 0 Å². The lowest BCUT2D eigenvalue weighted by molar-refractivity contribution is -0.141. The molecule has 2 aromatic rings. The first-order chi connectivity index (χ1) is 11.4. The number of halogens is 3. The Balaban J connectivity index is 1.72. The lowest BCUT2D eigenvalue weighted by Crippen LogP contribution is -2.21. The van der Waals surface area contributed by atoms with Gasteiger partial charge in [0.05, 0.1) is 0 Å². The molecule has 128 valence electrons. The van der Waals surface area contributed by atoms with Gasteiger partial charge in [0.15, 0.2) is 5.69 Å². The minimum Gasteiger partial charge on any atom is -0.324 e. The first kappa shape index (κ1) is 16.5. The third-order valence-electron chi connectivity index (χ3n) is 4.04. The molecule has 0 bridgehead atoms. The highest BCUT2D eigenvalue weighted by Gasteiger charge is 2.38. The van der Waals surface area contributed by atoms with Gasteiger partial charge in [-0.1, -0.05) is 19.1 Å². The van der Waals surface area contributed by atoms with Crippen molar-refractivity contribution in [2.45, 2.75) is 44.8 Å². The molecule has 0 unspecified atom stereocenters. The largest absolute Gasteiger partial charge is 0.435 e. The Hall–Kier alpha value is -2.31. The molecule has 1 heterocycles. The normalized spacial score (nSPS) is 14.7. The van der Waals surface area contributed by atoms with Gasteiger partial charge in [0.25, 0.3) is 0 Å². The van der Waals surface area contributed by atoms with Crippen LogP contribution in [0.4, 0.5) is 18.9 Å². The summed E-state index contributed by atoms with van der Waals surface area (Å²) in [5.74, 6) is -0.316. The van der Waals surface area contributed by atoms with Crippen molar-refractivity contribution in [1.82, 2.24) is 9.78 Å². The summed E-state index contributed by atoms with van der Waals surface area (Å²) in [6.45, 7) is 1.81. The highest BCUT2D eigenvalue weighted by molar-refractivity contribution is 5.90. The Kier molecular flexibility index (Phi) is 4.34. The molecule has 1 amide bonds. The third-order valence-corrected chi connectivity index (χ3v) is 4.04. The molecule has 0 saturated heterocycles. The van der Waals surface area contributed by atoms with Crippen LogP contribution in [0.15, 0.2) is 30.3 Å².